The van der Waals surface area contributed by atoms with Crippen molar-refractivity contribution in [2.75, 3.05) is 33.9 Å². The Balaban J connectivity index is 1.65. The number of piperidine rings is 1. The van der Waals surface area contributed by atoms with Crippen LogP contribution in [0.25, 0.3) is 0 Å². The quantitative estimate of drug-likeness (QED) is 0.528. The summed E-state index contributed by atoms with van der Waals surface area (Å²) in [4.78, 5) is 15.2. The number of hydrogen-bond acceptors (Lipinski definition) is 6. The summed E-state index contributed by atoms with van der Waals surface area (Å²) >= 11 is 0. The third-order valence-corrected chi connectivity index (χ3v) is 9.64. The van der Waals surface area contributed by atoms with Crippen LogP contribution >= 0.6 is 0 Å². The number of likely N-dealkylation sites (tertiary alicyclic amines) is 1. The van der Waals surface area contributed by atoms with Gasteiger partial charge in [0.2, 0.25) is 0 Å². The van der Waals surface area contributed by atoms with Crippen LogP contribution in [0.3, 0.4) is 0 Å². The van der Waals surface area contributed by atoms with E-state index >= 15 is 0 Å². The molecule has 1 saturated carbocycles. The van der Waals surface area contributed by atoms with Crippen LogP contribution in [0.4, 0.5) is 0 Å². The molecule has 2 spiro atoms. The van der Waals surface area contributed by atoms with Crippen LogP contribution in [0, 0.1) is 34.5 Å². The highest BCUT2D eigenvalue weighted by Gasteiger charge is 2.70. The highest BCUT2D eigenvalue weighted by molar-refractivity contribution is 5.75. The zero-order chi connectivity index (χ0) is 21.5. The highest BCUT2D eigenvalue weighted by Crippen LogP contribution is 2.71. The molecule has 168 valence electrons. The molecule has 2 N–H and O–H groups in total. The average Bonchev–Trinajstić information content (AvgIpc) is 3.26. The predicted octanol–water partition coefficient (Wildman–Crippen LogP) is 2.34. The molecule has 0 aromatic heterocycles. The Morgan fingerprint density at radius 1 is 1.33 bits per heavy atom. The van der Waals surface area contributed by atoms with Gasteiger partial charge >= 0.3 is 5.97 Å². The summed E-state index contributed by atoms with van der Waals surface area (Å²) in [6.45, 7) is 6.35. The standard InChI is InChI=1S/C24H37NO5/c1-14(2)24(28)8-7-22(13-30-24)15-9-19(26)17-6-5-16-18(21(27)29-4)10-23(22,20(16)17)12-25(3)11-15/h14-16,18-19,26,28H,5-13H2,1-4H3. The lowest BCUT2D eigenvalue weighted by molar-refractivity contribution is -0.301. The molecule has 7 atom stereocenters. The third-order valence-electron chi connectivity index (χ3n) is 9.64. The minimum Gasteiger partial charge on any atom is -0.469 e. The first kappa shape index (κ1) is 20.9. The molecule has 6 heteroatoms. The van der Waals surface area contributed by atoms with Gasteiger partial charge in [0, 0.05) is 36.3 Å². The Morgan fingerprint density at radius 2 is 2.10 bits per heavy atom. The van der Waals surface area contributed by atoms with Crippen LogP contribution < -0.4 is 0 Å². The van der Waals surface area contributed by atoms with E-state index in [0.717, 1.165) is 45.2 Å². The van der Waals surface area contributed by atoms with Gasteiger partial charge in [0.1, 0.15) is 0 Å². The van der Waals surface area contributed by atoms with Crippen molar-refractivity contribution in [2.45, 2.75) is 64.3 Å². The van der Waals surface area contributed by atoms with Gasteiger partial charge in [-0.3, -0.25) is 4.79 Å². The molecule has 5 rings (SSSR count). The zero-order valence-corrected chi connectivity index (χ0v) is 18.8. The number of carbonyl (C=O) groups is 1. The Labute approximate surface area is 179 Å². The Hall–Kier alpha value is -0.950. The second-order valence-corrected chi connectivity index (χ2v) is 11.1. The van der Waals surface area contributed by atoms with E-state index in [4.69, 9.17) is 9.47 Å². The number of hydrogen-bond donors (Lipinski definition) is 2. The fourth-order valence-electron chi connectivity index (χ4n) is 8.18. The molecule has 30 heavy (non-hydrogen) atoms. The fourth-order valence-corrected chi connectivity index (χ4v) is 8.18. The van der Waals surface area contributed by atoms with Crippen molar-refractivity contribution in [2.24, 2.45) is 34.5 Å². The monoisotopic (exact) mass is 419 g/mol. The van der Waals surface area contributed by atoms with Gasteiger partial charge in [-0.05, 0) is 56.6 Å². The summed E-state index contributed by atoms with van der Waals surface area (Å²) in [5.41, 5.74) is 2.23. The molecule has 6 nitrogen and oxygen atoms in total. The van der Waals surface area contributed by atoms with Gasteiger partial charge in [-0.2, -0.15) is 0 Å². The number of methoxy groups -OCH3 is 1. The van der Waals surface area contributed by atoms with E-state index in [2.05, 4.69) is 11.9 Å². The van der Waals surface area contributed by atoms with Crippen molar-refractivity contribution in [3.05, 3.63) is 11.1 Å². The largest absolute Gasteiger partial charge is 0.469 e. The van der Waals surface area contributed by atoms with E-state index in [-0.39, 0.29) is 40.5 Å². The molecule has 0 aromatic carbocycles. The van der Waals surface area contributed by atoms with Gasteiger partial charge in [0.05, 0.1) is 25.7 Å². The molecular formula is C24H37NO5. The van der Waals surface area contributed by atoms with Crippen molar-refractivity contribution in [1.82, 2.24) is 4.90 Å². The average molecular weight is 420 g/mol. The van der Waals surface area contributed by atoms with Crippen molar-refractivity contribution in [3.8, 4) is 0 Å². The van der Waals surface area contributed by atoms with Crippen LogP contribution in [-0.2, 0) is 14.3 Å². The second kappa shape index (κ2) is 6.77. The lowest BCUT2D eigenvalue weighted by Crippen LogP contribution is -2.64. The zero-order valence-electron chi connectivity index (χ0n) is 18.8. The number of aliphatic hydroxyl groups is 2. The van der Waals surface area contributed by atoms with E-state index in [0.29, 0.717) is 13.0 Å². The lowest BCUT2D eigenvalue weighted by atomic mass is 9.50. The summed E-state index contributed by atoms with van der Waals surface area (Å²) < 4.78 is 11.6. The molecule has 0 aromatic rings. The van der Waals surface area contributed by atoms with E-state index in [1.807, 2.05) is 13.8 Å². The van der Waals surface area contributed by atoms with Gasteiger partial charge in [-0.25, -0.2) is 0 Å². The molecule has 3 aliphatic carbocycles. The Bertz CT molecular complexity index is 768. The molecule has 2 heterocycles. The van der Waals surface area contributed by atoms with Crippen LogP contribution in [-0.4, -0.2) is 66.8 Å². The summed E-state index contributed by atoms with van der Waals surface area (Å²) in [5, 5.41) is 22.3. The van der Waals surface area contributed by atoms with Crippen LogP contribution in [0.1, 0.15) is 52.4 Å². The lowest BCUT2D eigenvalue weighted by Gasteiger charge is -2.62. The van der Waals surface area contributed by atoms with Gasteiger partial charge in [-0.1, -0.05) is 19.4 Å². The second-order valence-electron chi connectivity index (χ2n) is 11.1. The summed E-state index contributed by atoms with van der Waals surface area (Å²) in [7, 11) is 3.66. The van der Waals surface area contributed by atoms with Crippen molar-refractivity contribution in [3.63, 3.8) is 0 Å². The van der Waals surface area contributed by atoms with E-state index in [1.54, 1.807) is 0 Å². The molecule has 0 amide bonds. The molecule has 2 saturated heterocycles. The van der Waals surface area contributed by atoms with Crippen LogP contribution in [0.15, 0.2) is 11.1 Å². The minimum atomic E-state index is -1.08. The van der Waals surface area contributed by atoms with Gasteiger partial charge < -0.3 is 24.6 Å². The molecule has 3 fully saturated rings. The predicted molar refractivity (Wildman–Crippen MR) is 111 cm³/mol. The van der Waals surface area contributed by atoms with Gasteiger partial charge in [-0.15, -0.1) is 0 Å². The van der Waals surface area contributed by atoms with Crippen molar-refractivity contribution >= 4 is 5.97 Å². The third kappa shape index (κ3) is 2.54. The summed E-state index contributed by atoms with van der Waals surface area (Å²) in [5.74, 6) is -0.837. The van der Waals surface area contributed by atoms with Crippen molar-refractivity contribution < 1.29 is 24.5 Å². The van der Waals surface area contributed by atoms with E-state index in [9.17, 15) is 15.0 Å². The highest BCUT2D eigenvalue weighted by atomic mass is 16.6. The Morgan fingerprint density at radius 3 is 2.73 bits per heavy atom. The number of nitrogens with zero attached hydrogens (tertiary/aromatic N) is 1. The molecule has 2 bridgehead atoms. The number of ether oxygens (including phenoxy) is 2. The number of rotatable bonds is 2. The summed E-state index contributed by atoms with van der Waals surface area (Å²) in [6.07, 6.45) is 4.42. The Kier molecular flexibility index (Phi) is 4.72. The molecule has 7 unspecified atom stereocenters. The maximum absolute atomic E-state index is 12.8. The first-order valence-corrected chi connectivity index (χ1v) is 11.7. The molecule has 0 radical (unpaired) electrons. The van der Waals surface area contributed by atoms with Crippen molar-refractivity contribution in [1.29, 1.82) is 0 Å². The first-order chi connectivity index (χ1) is 14.2. The fraction of sp³-hybridized carbons (Fsp3) is 0.875. The van der Waals surface area contributed by atoms with E-state index < -0.39 is 11.9 Å². The van der Waals surface area contributed by atoms with Crippen LogP contribution in [0.2, 0.25) is 0 Å². The topological polar surface area (TPSA) is 79.2 Å². The maximum atomic E-state index is 12.8. The SMILES string of the molecule is COC(=O)C1CC23CN(C)CC(CC(O)C4=C2C1CC4)C31CCC(O)(C(C)C)OC1. The number of aliphatic hydroxyl groups excluding tert-OH is 1. The van der Waals surface area contributed by atoms with Gasteiger partial charge in [0.25, 0.3) is 0 Å². The number of esters is 1. The maximum Gasteiger partial charge on any atom is 0.309 e. The normalized spacial score (nSPS) is 48.2. The molecule has 2 aliphatic heterocycles. The first-order valence-electron chi connectivity index (χ1n) is 11.7. The van der Waals surface area contributed by atoms with Crippen LogP contribution in [0.5, 0.6) is 0 Å². The number of carbonyl (C=O) groups excluding carboxylic acids is 1. The molecular weight excluding hydrogens is 382 g/mol. The smallest absolute Gasteiger partial charge is 0.309 e. The minimum absolute atomic E-state index is 0.0339. The molecule has 5 aliphatic rings. The summed E-state index contributed by atoms with van der Waals surface area (Å²) in [6, 6.07) is 0. The van der Waals surface area contributed by atoms with Gasteiger partial charge in [0.15, 0.2) is 5.79 Å². The van der Waals surface area contributed by atoms with E-state index in [1.165, 1.54) is 18.3 Å².